The molecular formula is C18H24N2O4. The molecule has 1 aromatic carbocycles. The first-order valence-electron chi connectivity index (χ1n) is 7.77. The van der Waals surface area contributed by atoms with E-state index in [1.54, 1.807) is 12.2 Å². The summed E-state index contributed by atoms with van der Waals surface area (Å²) in [6.45, 7) is 4.20. The summed E-state index contributed by atoms with van der Waals surface area (Å²) in [6.07, 6.45) is 7.91. The number of amides is 2. The van der Waals surface area contributed by atoms with Crippen LogP contribution in [0.25, 0.3) is 0 Å². The van der Waals surface area contributed by atoms with Crippen molar-refractivity contribution in [3.8, 4) is 11.5 Å². The molecule has 0 fully saturated rings. The molecule has 0 atom stereocenters. The molecule has 1 aromatic rings. The molecule has 0 aromatic heterocycles. The second-order valence-corrected chi connectivity index (χ2v) is 5.87. The lowest BCUT2D eigenvalue weighted by atomic mass is 10.1. The SMILES string of the molecule is CC(C)CC=CC=CC(=O)Nc1cc(CCC(N)=O)c(O)cc1O. The number of phenols is 2. The van der Waals surface area contributed by atoms with Gasteiger partial charge in [-0.1, -0.05) is 32.1 Å². The normalized spacial score (nSPS) is 11.5. The van der Waals surface area contributed by atoms with Gasteiger partial charge < -0.3 is 21.3 Å². The number of nitrogens with one attached hydrogen (secondary N) is 1. The minimum absolute atomic E-state index is 0.0618. The Kier molecular flexibility index (Phi) is 7.55. The van der Waals surface area contributed by atoms with E-state index in [4.69, 9.17) is 5.73 Å². The summed E-state index contributed by atoms with van der Waals surface area (Å²) >= 11 is 0. The summed E-state index contributed by atoms with van der Waals surface area (Å²) in [5, 5.41) is 22.1. The van der Waals surface area contributed by atoms with Gasteiger partial charge in [0.1, 0.15) is 11.5 Å². The van der Waals surface area contributed by atoms with Crippen LogP contribution in [-0.4, -0.2) is 22.0 Å². The van der Waals surface area contributed by atoms with Gasteiger partial charge in [0.25, 0.3) is 0 Å². The maximum Gasteiger partial charge on any atom is 0.248 e. The zero-order chi connectivity index (χ0) is 18.1. The van der Waals surface area contributed by atoms with Crippen LogP contribution in [0.4, 0.5) is 5.69 Å². The predicted octanol–water partition coefficient (Wildman–Crippen LogP) is 2.61. The van der Waals surface area contributed by atoms with Crippen LogP contribution in [0.3, 0.4) is 0 Å². The number of nitrogens with two attached hydrogens (primary N) is 1. The minimum Gasteiger partial charge on any atom is -0.508 e. The largest absolute Gasteiger partial charge is 0.508 e. The van der Waals surface area contributed by atoms with Crippen LogP contribution in [0.15, 0.2) is 36.4 Å². The van der Waals surface area contributed by atoms with E-state index in [0.29, 0.717) is 11.5 Å². The highest BCUT2D eigenvalue weighted by molar-refractivity contribution is 6.00. The molecule has 5 N–H and O–H groups in total. The Morgan fingerprint density at radius 3 is 2.54 bits per heavy atom. The first-order chi connectivity index (χ1) is 11.3. The van der Waals surface area contributed by atoms with Gasteiger partial charge in [-0.3, -0.25) is 9.59 Å². The summed E-state index contributed by atoms with van der Waals surface area (Å²) in [5.74, 6) is -0.766. The quantitative estimate of drug-likeness (QED) is 0.254. The molecule has 24 heavy (non-hydrogen) atoms. The molecule has 2 amide bonds. The molecule has 0 aliphatic heterocycles. The third-order valence-electron chi connectivity index (χ3n) is 3.20. The highest BCUT2D eigenvalue weighted by Gasteiger charge is 2.11. The Bertz CT molecular complexity index is 649. The van der Waals surface area contributed by atoms with Gasteiger partial charge in [0, 0.05) is 18.6 Å². The van der Waals surface area contributed by atoms with Gasteiger partial charge in [-0.15, -0.1) is 0 Å². The monoisotopic (exact) mass is 332 g/mol. The van der Waals surface area contributed by atoms with Crippen LogP contribution in [0.5, 0.6) is 11.5 Å². The van der Waals surface area contributed by atoms with Crippen molar-refractivity contribution in [2.75, 3.05) is 5.32 Å². The Balaban J connectivity index is 2.73. The summed E-state index contributed by atoms with van der Waals surface area (Å²) in [7, 11) is 0. The maximum absolute atomic E-state index is 11.8. The van der Waals surface area contributed by atoms with E-state index in [9.17, 15) is 19.8 Å². The van der Waals surface area contributed by atoms with Crippen molar-refractivity contribution in [3.05, 3.63) is 42.0 Å². The second-order valence-electron chi connectivity index (χ2n) is 5.87. The summed E-state index contributed by atoms with van der Waals surface area (Å²) in [5.41, 5.74) is 5.66. The molecule has 0 aliphatic rings. The van der Waals surface area contributed by atoms with E-state index in [2.05, 4.69) is 19.2 Å². The molecule has 6 heteroatoms. The number of aromatic hydroxyl groups is 2. The van der Waals surface area contributed by atoms with Crippen molar-refractivity contribution in [1.29, 1.82) is 0 Å². The van der Waals surface area contributed by atoms with Crippen molar-refractivity contribution in [3.63, 3.8) is 0 Å². The van der Waals surface area contributed by atoms with Gasteiger partial charge in [-0.2, -0.15) is 0 Å². The number of benzene rings is 1. The maximum atomic E-state index is 11.8. The fourth-order valence-corrected chi connectivity index (χ4v) is 1.93. The highest BCUT2D eigenvalue weighted by Crippen LogP contribution is 2.32. The number of carbonyl (C=O) groups excluding carboxylic acids is 2. The van der Waals surface area contributed by atoms with E-state index < -0.39 is 11.8 Å². The number of hydrogen-bond acceptors (Lipinski definition) is 4. The zero-order valence-electron chi connectivity index (χ0n) is 14.0. The summed E-state index contributed by atoms with van der Waals surface area (Å²) in [4.78, 5) is 22.7. The van der Waals surface area contributed by atoms with Gasteiger partial charge in [0.15, 0.2) is 0 Å². The first-order valence-corrected chi connectivity index (χ1v) is 7.77. The number of phenolic OH excluding ortho intramolecular Hbond substituents is 2. The average molecular weight is 332 g/mol. The Labute approximate surface area is 141 Å². The van der Waals surface area contributed by atoms with E-state index in [1.807, 2.05) is 6.08 Å². The molecule has 0 unspecified atom stereocenters. The standard InChI is InChI=1S/C18H24N2O4/c1-12(2)6-4-3-5-7-18(24)20-14-10-13(8-9-17(19)23)15(21)11-16(14)22/h3-5,7,10-12,21-22H,6,8-9H2,1-2H3,(H2,19,23)(H,20,24). The molecule has 0 aliphatic carbocycles. The molecule has 1 rings (SSSR count). The van der Waals surface area contributed by atoms with Gasteiger partial charge in [-0.05, 0) is 30.4 Å². The third-order valence-corrected chi connectivity index (χ3v) is 3.20. The van der Waals surface area contributed by atoms with Crippen LogP contribution in [0.1, 0.15) is 32.3 Å². The predicted molar refractivity (Wildman–Crippen MR) is 93.7 cm³/mol. The molecule has 130 valence electrons. The summed E-state index contributed by atoms with van der Waals surface area (Å²) in [6, 6.07) is 2.55. The van der Waals surface area contributed by atoms with E-state index >= 15 is 0 Å². The summed E-state index contributed by atoms with van der Waals surface area (Å²) < 4.78 is 0. The molecular weight excluding hydrogens is 308 g/mol. The van der Waals surface area contributed by atoms with Gasteiger partial charge in [0.05, 0.1) is 5.69 Å². The van der Waals surface area contributed by atoms with Crippen LogP contribution in [0.2, 0.25) is 0 Å². The molecule has 0 radical (unpaired) electrons. The molecule has 6 nitrogen and oxygen atoms in total. The Morgan fingerprint density at radius 2 is 1.92 bits per heavy atom. The van der Waals surface area contributed by atoms with Crippen LogP contribution < -0.4 is 11.1 Å². The Hall–Kier alpha value is -2.76. The van der Waals surface area contributed by atoms with Crippen LogP contribution in [-0.2, 0) is 16.0 Å². The average Bonchev–Trinajstić information content (AvgIpc) is 2.48. The van der Waals surface area contributed by atoms with E-state index in [0.717, 1.165) is 12.5 Å². The zero-order valence-corrected chi connectivity index (χ0v) is 14.0. The molecule has 0 saturated heterocycles. The van der Waals surface area contributed by atoms with E-state index in [1.165, 1.54) is 12.1 Å². The molecule has 0 spiro atoms. The minimum atomic E-state index is -0.496. The molecule has 0 heterocycles. The fourth-order valence-electron chi connectivity index (χ4n) is 1.93. The van der Waals surface area contributed by atoms with Crippen LogP contribution >= 0.6 is 0 Å². The Morgan fingerprint density at radius 1 is 1.21 bits per heavy atom. The van der Waals surface area contributed by atoms with Crippen molar-refractivity contribution >= 4 is 17.5 Å². The lowest BCUT2D eigenvalue weighted by Crippen LogP contribution is -2.12. The van der Waals surface area contributed by atoms with Crippen molar-refractivity contribution in [2.24, 2.45) is 11.7 Å². The van der Waals surface area contributed by atoms with Gasteiger partial charge in [0.2, 0.25) is 11.8 Å². The van der Waals surface area contributed by atoms with Crippen molar-refractivity contribution in [1.82, 2.24) is 0 Å². The number of rotatable bonds is 8. The lowest BCUT2D eigenvalue weighted by Gasteiger charge is -2.10. The molecule has 0 bridgehead atoms. The van der Waals surface area contributed by atoms with Crippen LogP contribution in [0, 0.1) is 5.92 Å². The van der Waals surface area contributed by atoms with E-state index in [-0.39, 0.29) is 30.0 Å². The number of anilines is 1. The first kappa shape index (κ1) is 19.3. The van der Waals surface area contributed by atoms with Crippen molar-refractivity contribution in [2.45, 2.75) is 33.1 Å². The lowest BCUT2D eigenvalue weighted by molar-refractivity contribution is -0.118. The third kappa shape index (κ3) is 7.00. The van der Waals surface area contributed by atoms with Crippen molar-refractivity contribution < 1.29 is 19.8 Å². The van der Waals surface area contributed by atoms with Gasteiger partial charge in [-0.25, -0.2) is 0 Å². The number of primary amides is 1. The number of aryl methyl sites for hydroxylation is 1. The molecule has 0 saturated carbocycles. The number of hydrogen-bond donors (Lipinski definition) is 4. The fraction of sp³-hybridized carbons (Fsp3) is 0.333. The van der Waals surface area contributed by atoms with Gasteiger partial charge >= 0.3 is 0 Å². The highest BCUT2D eigenvalue weighted by atomic mass is 16.3. The topological polar surface area (TPSA) is 113 Å². The smallest absolute Gasteiger partial charge is 0.248 e. The second kappa shape index (κ2) is 9.39. The number of allylic oxidation sites excluding steroid dienone is 3. The number of carbonyl (C=O) groups is 2.